The number of rotatable bonds is 7. The Morgan fingerprint density at radius 1 is 1.32 bits per heavy atom. The third-order valence-electron chi connectivity index (χ3n) is 2.91. The summed E-state index contributed by atoms with van der Waals surface area (Å²) in [5.74, 6) is -2.09. The highest BCUT2D eigenvalue weighted by atomic mass is 19.2. The smallest absolute Gasteiger partial charge is 0.227 e. The van der Waals surface area contributed by atoms with E-state index in [1.807, 2.05) is 6.92 Å². The summed E-state index contributed by atoms with van der Waals surface area (Å²) in [6.45, 7) is 3.43. The number of nitrogens with two attached hydrogens (primary N) is 1. The van der Waals surface area contributed by atoms with Crippen molar-refractivity contribution in [3.63, 3.8) is 0 Å². The number of hydrogen-bond donors (Lipinski definition) is 1. The van der Waals surface area contributed by atoms with Gasteiger partial charge in [-0.05, 0) is 12.5 Å². The third-order valence-corrected chi connectivity index (χ3v) is 2.91. The molecule has 0 saturated heterocycles. The molecule has 1 amide bonds. The Balaban J connectivity index is 2.72. The van der Waals surface area contributed by atoms with Crippen LogP contribution in [0.3, 0.4) is 0 Å². The number of nitrogens with zero attached hydrogens (tertiary/aromatic N) is 1. The number of hydrogen-bond acceptors (Lipinski definition) is 2. The fourth-order valence-electron chi connectivity index (χ4n) is 1.83. The first-order valence-electron chi connectivity index (χ1n) is 6.50. The normalized spacial score (nSPS) is 10.5. The van der Waals surface area contributed by atoms with Crippen molar-refractivity contribution in [2.24, 2.45) is 5.73 Å². The first-order chi connectivity index (χ1) is 9.10. The molecular formula is C14H20F2N2O. The number of unbranched alkanes of at least 4 members (excludes halogenated alkanes) is 1. The first kappa shape index (κ1) is 15.6. The van der Waals surface area contributed by atoms with Crippen LogP contribution in [-0.4, -0.2) is 30.4 Å². The summed E-state index contributed by atoms with van der Waals surface area (Å²) in [5.41, 5.74) is 5.54. The Morgan fingerprint density at radius 3 is 2.68 bits per heavy atom. The molecule has 5 heteroatoms. The van der Waals surface area contributed by atoms with Crippen LogP contribution >= 0.6 is 0 Å². The highest BCUT2D eigenvalue weighted by Crippen LogP contribution is 2.13. The maximum atomic E-state index is 13.5. The minimum atomic E-state index is -0.945. The largest absolute Gasteiger partial charge is 0.341 e. The van der Waals surface area contributed by atoms with Gasteiger partial charge >= 0.3 is 0 Å². The van der Waals surface area contributed by atoms with Crippen molar-refractivity contribution in [1.29, 1.82) is 0 Å². The highest BCUT2D eigenvalue weighted by Gasteiger charge is 2.16. The van der Waals surface area contributed by atoms with E-state index in [2.05, 4.69) is 0 Å². The molecule has 0 unspecified atom stereocenters. The standard InChI is InChI=1S/C14H20F2N2O/c1-2-3-8-18(9-7-17)13(19)10-11-5-4-6-12(15)14(11)16/h4-6H,2-3,7-10,17H2,1H3. The lowest BCUT2D eigenvalue weighted by molar-refractivity contribution is -0.130. The Morgan fingerprint density at radius 2 is 2.05 bits per heavy atom. The molecule has 0 saturated carbocycles. The predicted molar refractivity (Wildman–Crippen MR) is 70.6 cm³/mol. The van der Waals surface area contributed by atoms with E-state index in [1.165, 1.54) is 12.1 Å². The van der Waals surface area contributed by atoms with Gasteiger partial charge in [-0.2, -0.15) is 0 Å². The summed E-state index contributed by atoms with van der Waals surface area (Å²) >= 11 is 0. The fraction of sp³-hybridized carbons (Fsp3) is 0.500. The van der Waals surface area contributed by atoms with E-state index in [9.17, 15) is 13.6 Å². The average Bonchev–Trinajstić information content (AvgIpc) is 2.39. The number of amides is 1. The summed E-state index contributed by atoms with van der Waals surface area (Å²) in [7, 11) is 0. The van der Waals surface area contributed by atoms with E-state index in [4.69, 9.17) is 5.73 Å². The van der Waals surface area contributed by atoms with Crippen LogP contribution in [0, 0.1) is 11.6 Å². The van der Waals surface area contributed by atoms with Crippen LogP contribution in [0.4, 0.5) is 8.78 Å². The zero-order valence-electron chi connectivity index (χ0n) is 11.2. The van der Waals surface area contributed by atoms with Gasteiger partial charge in [-0.15, -0.1) is 0 Å². The molecule has 1 aromatic rings. The fourth-order valence-corrected chi connectivity index (χ4v) is 1.83. The molecule has 0 radical (unpaired) electrons. The molecule has 0 aliphatic rings. The summed E-state index contributed by atoms with van der Waals surface area (Å²) in [6, 6.07) is 3.87. The Bertz CT molecular complexity index is 424. The van der Waals surface area contributed by atoms with Crippen LogP contribution < -0.4 is 5.73 Å². The van der Waals surface area contributed by atoms with Gasteiger partial charge in [-0.3, -0.25) is 4.79 Å². The second kappa shape index (κ2) is 7.84. The molecule has 0 aliphatic carbocycles. The maximum Gasteiger partial charge on any atom is 0.227 e. The van der Waals surface area contributed by atoms with E-state index in [-0.39, 0.29) is 17.9 Å². The van der Waals surface area contributed by atoms with Crippen LogP contribution in [0.25, 0.3) is 0 Å². The molecule has 3 nitrogen and oxygen atoms in total. The van der Waals surface area contributed by atoms with Crippen molar-refractivity contribution < 1.29 is 13.6 Å². The van der Waals surface area contributed by atoms with Gasteiger partial charge in [0.25, 0.3) is 0 Å². The SMILES string of the molecule is CCCCN(CCN)C(=O)Cc1cccc(F)c1F. The number of benzene rings is 1. The maximum absolute atomic E-state index is 13.5. The van der Waals surface area contributed by atoms with Gasteiger partial charge < -0.3 is 10.6 Å². The molecule has 1 rings (SSSR count). The second-order valence-corrected chi connectivity index (χ2v) is 4.41. The Labute approximate surface area is 112 Å². The molecule has 0 fully saturated rings. The molecule has 0 bridgehead atoms. The molecule has 0 aromatic heterocycles. The van der Waals surface area contributed by atoms with Crippen LogP contribution in [0.5, 0.6) is 0 Å². The quantitative estimate of drug-likeness (QED) is 0.824. The van der Waals surface area contributed by atoms with E-state index < -0.39 is 11.6 Å². The molecule has 19 heavy (non-hydrogen) atoms. The van der Waals surface area contributed by atoms with Crippen molar-refractivity contribution >= 4 is 5.91 Å². The van der Waals surface area contributed by atoms with Crippen LogP contribution in [0.2, 0.25) is 0 Å². The molecular weight excluding hydrogens is 250 g/mol. The lowest BCUT2D eigenvalue weighted by Gasteiger charge is -2.22. The Hall–Kier alpha value is -1.49. The average molecular weight is 270 g/mol. The van der Waals surface area contributed by atoms with Crippen molar-refractivity contribution in [2.45, 2.75) is 26.2 Å². The minimum absolute atomic E-state index is 0.0866. The minimum Gasteiger partial charge on any atom is -0.341 e. The molecule has 0 atom stereocenters. The van der Waals surface area contributed by atoms with Gasteiger partial charge in [0.05, 0.1) is 6.42 Å². The van der Waals surface area contributed by atoms with Gasteiger partial charge in [0.15, 0.2) is 11.6 Å². The second-order valence-electron chi connectivity index (χ2n) is 4.41. The summed E-state index contributed by atoms with van der Waals surface area (Å²) in [6.07, 6.45) is 1.70. The van der Waals surface area contributed by atoms with E-state index in [0.29, 0.717) is 19.6 Å². The van der Waals surface area contributed by atoms with Gasteiger partial charge in [0.1, 0.15) is 0 Å². The van der Waals surface area contributed by atoms with Gasteiger partial charge in [0, 0.05) is 25.2 Å². The van der Waals surface area contributed by atoms with Crippen LogP contribution in [0.15, 0.2) is 18.2 Å². The van der Waals surface area contributed by atoms with Crippen molar-refractivity contribution in [3.8, 4) is 0 Å². The third kappa shape index (κ3) is 4.59. The van der Waals surface area contributed by atoms with Crippen LogP contribution in [0.1, 0.15) is 25.3 Å². The van der Waals surface area contributed by atoms with Gasteiger partial charge in [0.2, 0.25) is 5.91 Å². The summed E-state index contributed by atoms with van der Waals surface area (Å²) in [5, 5.41) is 0. The zero-order valence-corrected chi connectivity index (χ0v) is 11.2. The summed E-state index contributed by atoms with van der Waals surface area (Å²) < 4.78 is 26.6. The molecule has 1 aromatic carbocycles. The van der Waals surface area contributed by atoms with Crippen molar-refractivity contribution in [2.75, 3.05) is 19.6 Å². The zero-order chi connectivity index (χ0) is 14.3. The monoisotopic (exact) mass is 270 g/mol. The molecule has 106 valence electrons. The lowest BCUT2D eigenvalue weighted by Crippen LogP contribution is -2.37. The van der Waals surface area contributed by atoms with E-state index >= 15 is 0 Å². The number of carbonyl (C=O) groups excluding carboxylic acids is 1. The molecule has 0 spiro atoms. The van der Waals surface area contributed by atoms with Crippen molar-refractivity contribution in [3.05, 3.63) is 35.4 Å². The summed E-state index contributed by atoms with van der Waals surface area (Å²) in [4.78, 5) is 13.7. The lowest BCUT2D eigenvalue weighted by atomic mass is 10.1. The number of halogens is 2. The molecule has 2 N–H and O–H groups in total. The predicted octanol–water partition coefficient (Wildman–Crippen LogP) is 2.09. The Kier molecular flexibility index (Phi) is 6.42. The van der Waals surface area contributed by atoms with E-state index in [1.54, 1.807) is 4.90 Å². The van der Waals surface area contributed by atoms with Crippen LogP contribution in [-0.2, 0) is 11.2 Å². The first-order valence-corrected chi connectivity index (χ1v) is 6.50. The molecule has 0 heterocycles. The highest BCUT2D eigenvalue weighted by molar-refractivity contribution is 5.78. The van der Waals surface area contributed by atoms with Gasteiger partial charge in [-0.25, -0.2) is 8.78 Å². The van der Waals surface area contributed by atoms with Gasteiger partial charge in [-0.1, -0.05) is 25.5 Å². The number of carbonyl (C=O) groups is 1. The van der Waals surface area contributed by atoms with E-state index in [0.717, 1.165) is 18.9 Å². The molecule has 0 aliphatic heterocycles. The topological polar surface area (TPSA) is 46.3 Å². The van der Waals surface area contributed by atoms with Crippen molar-refractivity contribution in [1.82, 2.24) is 4.90 Å².